The van der Waals surface area contributed by atoms with Gasteiger partial charge in [0.1, 0.15) is 5.82 Å². The van der Waals surface area contributed by atoms with Gasteiger partial charge in [0.25, 0.3) is 5.69 Å². The van der Waals surface area contributed by atoms with Crippen LogP contribution in [-0.2, 0) is 22.7 Å². The summed E-state index contributed by atoms with van der Waals surface area (Å²) in [5.74, 6) is 2.17. The standard InChI is InChI=1S/C19H16N4O3S/c24-18(10-13-6-8-15(9-7-13)23(25)26)20-19-16-11-27-12-17(16)21-22(19)14-4-2-1-3-5-14/h1-9H,10-12H2,(H,20,24). The second-order valence-electron chi connectivity index (χ2n) is 6.16. The number of thioether (sulfide) groups is 1. The molecule has 8 heteroatoms. The number of hydrogen-bond acceptors (Lipinski definition) is 5. The molecule has 0 saturated heterocycles. The van der Waals surface area contributed by atoms with Gasteiger partial charge in [-0.15, -0.1) is 0 Å². The highest BCUT2D eigenvalue weighted by Crippen LogP contribution is 2.36. The first-order valence-electron chi connectivity index (χ1n) is 8.39. The van der Waals surface area contributed by atoms with E-state index in [2.05, 4.69) is 10.4 Å². The summed E-state index contributed by atoms with van der Waals surface area (Å²) in [4.78, 5) is 22.9. The van der Waals surface area contributed by atoms with E-state index in [1.54, 1.807) is 28.6 Å². The Kier molecular flexibility index (Phi) is 4.64. The fourth-order valence-electron chi connectivity index (χ4n) is 2.99. The quantitative estimate of drug-likeness (QED) is 0.538. The molecule has 0 bridgehead atoms. The number of hydrogen-bond donors (Lipinski definition) is 1. The van der Waals surface area contributed by atoms with E-state index in [9.17, 15) is 14.9 Å². The van der Waals surface area contributed by atoms with E-state index in [1.807, 2.05) is 30.3 Å². The van der Waals surface area contributed by atoms with Crippen molar-refractivity contribution in [1.82, 2.24) is 9.78 Å². The smallest absolute Gasteiger partial charge is 0.269 e. The van der Waals surface area contributed by atoms with E-state index in [4.69, 9.17) is 0 Å². The number of aromatic nitrogens is 2. The zero-order valence-electron chi connectivity index (χ0n) is 14.3. The number of nitro benzene ring substituents is 1. The Hall–Kier alpha value is -3.13. The molecule has 3 aromatic rings. The number of benzene rings is 2. The predicted molar refractivity (Wildman–Crippen MR) is 104 cm³/mol. The Bertz CT molecular complexity index is 1000. The van der Waals surface area contributed by atoms with Crippen molar-refractivity contribution in [2.24, 2.45) is 0 Å². The SMILES string of the molecule is O=C(Cc1ccc([N+](=O)[O-])cc1)Nc1c2c(nn1-c1ccccc1)CSC2. The molecule has 0 fully saturated rings. The van der Waals surface area contributed by atoms with Crippen LogP contribution in [0.1, 0.15) is 16.8 Å². The molecule has 0 atom stereocenters. The molecule has 0 radical (unpaired) electrons. The van der Waals surface area contributed by atoms with Crippen molar-refractivity contribution >= 4 is 29.2 Å². The molecule has 136 valence electrons. The fraction of sp³-hybridized carbons (Fsp3) is 0.158. The van der Waals surface area contributed by atoms with Crippen LogP contribution in [0.3, 0.4) is 0 Å². The van der Waals surface area contributed by atoms with E-state index in [-0.39, 0.29) is 18.0 Å². The first-order valence-corrected chi connectivity index (χ1v) is 9.54. The Balaban J connectivity index is 1.57. The number of non-ortho nitro benzene ring substituents is 1. The lowest BCUT2D eigenvalue weighted by atomic mass is 10.1. The van der Waals surface area contributed by atoms with Gasteiger partial charge in [-0.2, -0.15) is 16.9 Å². The van der Waals surface area contributed by atoms with Crippen molar-refractivity contribution in [2.45, 2.75) is 17.9 Å². The van der Waals surface area contributed by atoms with Crippen LogP contribution in [0.25, 0.3) is 5.69 Å². The van der Waals surface area contributed by atoms with Gasteiger partial charge < -0.3 is 5.32 Å². The van der Waals surface area contributed by atoms with Gasteiger partial charge in [0.2, 0.25) is 5.91 Å². The third kappa shape index (κ3) is 3.56. The van der Waals surface area contributed by atoms with Crippen LogP contribution in [0.15, 0.2) is 54.6 Å². The van der Waals surface area contributed by atoms with E-state index in [0.29, 0.717) is 5.82 Å². The number of nitrogens with one attached hydrogen (secondary N) is 1. The second kappa shape index (κ2) is 7.24. The van der Waals surface area contributed by atoms with Gasteiger partial charge in [-0.3, -0.25) is 14.9 Å². The Morgan fingerprint density at radius 3 is 2.59 bits per heavy atom. The highest BCUT2D eigenvalue weighted by atomic mass is 32.2. The molecular weight excluding hydrogens is 364 g/mol. The highest BCUT2D eigenvalue weighted by Gasteiger charge is 2.24. The Labute approximate surface area is 159 Å². The van der Waals surface area contributed by atoms with Gasteiger partial charge in [-0.25, -0.2) is 4.68 Å². The van der Waals surface area contributed by atoms with Gasteiger partial charge in [-0.05, 0) is 17.7 Å². The van der Waals surface area contributed by atoms with Gasteiger partial charge >= 0.3 is 0 Å². The van der Waals surface area contributed by atoms with Crippen LogP contribution in [0, 0.1) is 10.1 Å². The zero-order chi connectivity index (χ0) is 18.8. The minimum absolute atomic E-state index is 0.0103. The van der Waals surface area contributed by atoms with Crippen molar-refractivity contribution < 1.29 is 9.72 Å². The molecule has 4 rings (SSSR count). The van der Waals surface area contributed by atoms with Crippen LogP contribution in [0.2, 0.25) is 0 Å². The molecule has 1 aromatic heterocycles. The maximum Gasteiger partial charge on any atom is 0.269 e. The molecule has 2 heterocycles. The number of rotatable bonds is 5. The van der Waals surface area contributed by atoms with E-state index in [1.165, 1.54) is 12.1 Å². The lowest BCUT2D eigenvalue weighted by molar-refractivity contribution is -0.384. The number of carbonyl (C=O) groups excluding carboxylic acids is 1. The van der Waals surface area contributed by atoms with E-state index in [0.717, 1.165) is 34.0 Å². The van der Waals surface area contributed by atoms with Crippen molar-refractivity contribution in [3.05, 3.63) is 81.5 Å². The van der Waals surface area contributed by atoms with Crippen molar-refractivity contribution in [3.63, 3.8) is 0 Å². The number of para-hydroxylation sites is 1. The number of nitrogens with zero attached hydrogens (tertiary/aromatic N) is 3. The maximum atomic E-state index is 12.6. The summed E-state index contributed by atoms with van der Waals surface area (Å²) in [5, 5.41) is 18.4. The Morgan fingerprint density at radius 2 is 1.89 bits per heavy atom. The van der Waals surface area contributed by atoms with Crippen LogP contribution < -0.4 is 5.32 Å². The molecule has 2 aromatic carbocycles. The van der Waals surface area contributed by atoms with E-state index >= 15 is 0 Å². The van der Waals surface area contributed by atoms with Crippen molar-refractivity contribution in [2.75, 3.05) is 5.32 Å². The first kappa shape index (κ1) is 17.3. The third-order valence-electron chi connectivity index (χ3n) is 4.32. The molecule has 7 nitrogen and oxygen atoms in total. The summed E-state index contributed by atoms with van der Waals surface area (Å²) in [7, 11) is 0. The van der Waals surface area contributed by atoms with Gasteiger partial charge in [0.05, 0.1) is 22.7 Å². The van der Waals surface area contributed by atoms with Crippen LogP contribution in [0.5, 0.6) is 0 Å². The first-order chi connectivity index (χ1) is 13.1. The topological polar surface area (TPSA) is 90.1 Å². The molecular formula is C19H16N4O3S. The zero-order valence-corrected chi connectivity index (χ0v) is 15.1. The molecule has 0 unspecified atom stereocenters. The summed E-state index contributed by atoms with van der Waals surface area (Å²) in [6, 6.07) is 15.7. The number of fused-ring (bicyclic) bond motifs is 1. The average Bonchev–Trinajstić information content (AvgIpc) is 3.25. The molecule has 1 amide bonds. The Morgan fingerprint density at radius 1 is 1.15 bits per heavy atom. The summed E-state index contributed by atoms with van der Waals surface area (Å²) < 4.78 is 1.78. The van der Waals surface area contributed by atoms with Gasteiger partial charge in [0.15, 0.2) is 0 Å². The summed E-state index contributed by atoms with van der Waals surface area (Å²) in [6.45, 7) is 0. The highest BCUT2D eigenvalue weighted by molar-refractivity contribution is 7.98. The lowest BCUT2D eigenvalue weighted by Crippen LogP contribution is -2.18. The molecule has 0 spiro atoms. The molecule has 0 aliphatic carbocycles. The number of nitro groups is 1. The van der Waals surface area contributed by atoms with Crippen molar-refractivity contribution in [1.29, 1.82) is 0 Å². The number of carbonyl (C=O) groups is 1. The molecule has 1 N–H and O–H groups in total. The molecule has 0 saturated carbocycles. The number of amides is 1. The molecule has 1 aliphatic heterocycles. The normalized spacial score (nSPS) is 12.6. The maximum absolute atomic E-state index is 12.6. The lowest BCUT2D eigenvalue weighted by Gasteiger charge is -2.11. The summed E-state index contributed by atoms with van der Waals surface area (Å²) in [6.07, 6.45) is 0.139. The molecule has 1 aliphatic rings. The predicted octanol–water partition coefficient (Wildman–Crippen LogP) is 3.71. The molecule has 27 heavy (non-hydrogen) atoms. The monoisotopic (exact) mass is 380 g/mol. The summed E-state index contributed by atoms with van der Waals surface area (Å²) >= 11 is 1.77. The average molecular weight is 380 g/mol. The minimum Gasteiger partial charge on any atom is -0.310 e. The van der Waals surface area contributed by atoms with Crippen LogP contribution in [-0.4, -0.2) is 20.6 Å². The largest absolute Gasteiger partial charge is 0.310 e. The summed E-state index contributed by atoms with van der Waals surface area (Å²) in [5.41, 5.74) is 3.67. The van der Waals surface area contributed by atoms with Crippen molar-refractivity contribution in [3.8, 4) is 5.69 Å². The fourth-order valence-corrected chi connectivity index (χ4v) is 4.03. The van der Waals surface area contributed by atoms with Crippen LogP contribution >= 0.6 is 11.8 Å². The third-order valence-corrected chi connectivity index (χ3v) is 5.29. The van der Waals surface area contributed by atoms with Crippen LogP contribution in [0.4, 0.5) is 11.5 Å². The minimum atomic E-state index is -0.455. The van der Waals surface area contributed by atoms with Gasteiger partial charge in [-0.1, -0.05) is 30.3 Å². The van der Waals surface area contributed by atoms with E-state index < -0.39 is 4.92 Å². The second-order valence-corrected chi connectivity index (χ2v) is 7.15. The number of anilines is 1. The van der Waals surface area contributed by atoms with Gasteiger partial charge in [0, 0.05) is 29.2 Å².